The van der Waals surface area contributed by atoms with Crippen LogP contribution >= 0.6 is 11.6 Å². The number of ether oxygens (including phenoxy) is 1. The molecule has 20 heavy (non-hydrogen) atoms. The van der Waals surface area contributed by atoms with Gasteiger partial charge in [0.25, 0.3) is 0 Å². The molecule has 0 aromatic carbocycles. The quantitative estimate of drug-likeness (QED) is 0.872. The second kappa shape index (κ2) is 5.87. The summed E-state index contributed by atoms with van der Waals surface area (Å²) in [4.78, 5) is 17.9. The number of nitrogens with zero attached hydrogens (tertiary/aromatic N) is 2. The van der Waals surface area contributed by atoms with Crippen LogP contribution in [-0.4, -0.2) is 36.3 Å². The van der Waals surface area contributed by atoms with Gasteiger partial charge in [0, 0.05) is 25.6 Å². The Hall–Kier alpha value is -1.49. The Kier molecular flexibility index (Phi) is 4.38. The summed E-state index contributed by atoms with van der Waals surface area (Å²) in [6.45, 7) is 7.89. The molecule has 1 aliphatic heterocycles. The highest BCUT2D eigenvalue weighted by Crippen LogP contribution is 2.23. The second-order valence-corrected chi connectivity index (χ2v) is 6.36. The molecule has 0 bridgehead atoms. The number of hydrogen-bond acceptors (Lipinski definition) is 4. The Morgan fingerprint density at radius 3 is 2.80 bits per heavy atom. The number of anilines is 1. The molecule has 110 valence electrons. The lowest BCUT2D eigenvalue weighted by Crippen LogP contribution is -2.52. The number of rotatable bonds is 3. The zero-order valence-corrected chi connectivity index (χ0v) is 12.8. The molecule has 1 fully saturated rings. The number of pyridine rings is 1. The minimum Gasteiger partial charge on any atom is -0.444 e. The third-order valence-corrected chi connectivity index (χ3v) is 3.13. The molecular weight excluding hydrogens is 278 g/mol. The van der Waals surface area contributed by atoms with Crippen molar-refractivity contribution in [3.63, 3.8) is 0 Å². The zero-order chi connectivity index (χ0) is 14.8. The van der Waals surface area contributed by atoms with Gasteiger partial charge in [-0.15, -0.1) is 0 Å². The van der Waals surface area contributed by atoms with E-state index >= 15 is 0 Å². The Balaban J connectivity index is 1.71. The van der Waals surface area contributed by atoms with E-state index < -0.39 is 5.60 Å². The fourth-order valence-electron chi connectivity index (χ4n) is 2.00. The first-order valence-corrected chi connectivity index (χ1v) is 7.05. The van der Waals surface area contributed by atoms with Gasteiger partial charge >= 0.3 is 6.09 Å². The maximum atomic E-state index is 11.5. The fourth-order valence-corrected chi connectivity index (χ4v) is 2.16. The van der Waals surface area contributed by atoms with Crippen molar-refractivity contribution in [2.45, 2.75) is 26.4 Å². The molecule has 2 rings (SSSR count). The van der Waals surface area contributed by atoms with E-state index in [1.54, 1.807) is 6.07 Å². The van der Waals surface area contributed by atoms with Crippen LogP contribution in [0.1, 0.15) is 20.8 Å². The SMILES string of the molecule is CC(C)(C)OC(=O)NCC1CN(c2cccc(Cl)n2)C1. The third-order valence-electron chi connectivity index (χ3n) is 2.92. The normalized spacial score (nSPS) is 15.7. The number of alkyl carbamates (subject to hydrolysis) is 1. The van der Waals surface area contributed by atoms with Crippen LogP contribution in [-0.2, 0) is 4.74 Å². The topological polar surface area (TPSA) is 54.5 Å². The lowest BCUT2D eigenvalue weighted by molar-refractivity contribution is 0.0516. The lowest BCUT2D eigenvalue weighted by atomic mass is 10.0. The Morgan fingerprint density at radius 2 is 2.20 bits per heavy atom. The molecule has 1 aliphatic rings. The minimum absolute atomic E-state index is 0.364. The van der Waals surface area contributed by atoms with E-state index in [1.807, 2.05) is 32.9 Å². The van der Waals surface area contributed by atoms with E-state index in [-0.39, 0.29) is 6.09 Å². The summed E-state index contributed by atoms with van der Waals surface area (Å²) in [7, 11) is 0. The summed E-state index contributed by atoms with van der Waals surface area (Å²) >= 11 is 5.86. The summed E-state index contributed by atoms with van der Waals surface area (Å²) < 4.78 is 5.19. The molecule has 1 N–H and O–H groups in total. The van der Waals surface area contributed by atoms with Crippen LogP contribution in [0.5, 0.6) is 0 Å². The van der Waals surface area contributed by atoms with Crippen LogP contribution < -0.4 is 10.2 Å². The van der Waals surface area contributed by atoms with Gasteiger partial charge in [0.15, 0.2) is 0 Å². The van der Waals surface area contributed by atoms with Crippen LogP contribution in [0.15, 0.2) is 18.2 Å². The molecular formula is C14H20ClN3O2. The molecule has 2 heterocycles. The minimum atomic E-state index is -0.458. The fraction of sp³-hybridized carbons (Fsp3) is 0.571. The molecule has 0 aliphatic carbocycles. The molecule has 0 saturated carbocycles. The summed E-state index contributed by atoms with van der Waals surface area (Å²) in [5.41, 5.74) is -0.458. The van der Waals surface area contributed by atoms with Crippen molar-refractivity contribution in [1.29, 1.82) is 0 Å². The first kappa shape index (κ1) is 14.9. The zero-order valence-electron chi connectivity index (χ0n) is 12.0. The second-order valence-electron chi connectivity index (χ2n) is 5.97. The summed E-state index contributed by atoms with van der Waals surface area (Å²) in [5.74, 6) is 1.30. The van der Waals surface area contributed by atoms with Gasteiger partial charge in [-0.25, -0.2) is 9.78 Å². The number of amides is 1. The van der Waals surface area contributed by atoms with Gasteiger partial charge in [0.05, 0.1) is 0 Å². The Labute approximate surface area is 124 Å². The maximum Gasteiger partial charge on any atom is 0.407 e. The molecule has 1 aromatic heterocycles. The predicted octanol–water partition coefficient (Wildman–Crippen LogP) is 2.70. The first-order valence-electron chi connectivity index (χ1n) is 6.68. The molecule has 0 spiro atoms. The highest BCUT2D eigenvalue weighted by Gasteiger charge is 2.28. The van der Waals surface area contributed by atoms with Crippen LogP contribution in [0, 0.1) is 5.92 Å². The average Bonchev–Trinajstić information content (AvgIpc) is 2.24. The predicted molar refractivity (Wildman–Crippen MR) is 79.2 cm³/mol. The number of halogens is 1. The van der Waals surface area contributed by atoms with Crippen molar-refractivity contribution in [2.75, 3.05) is 24.5 Å². The highest BCUT2D eigenvalue weighted by molar-refractivity contribution is 6.29. The maximum absolute atomic E-state index is 11.5. The molecule has 1 amide bonds. The van der Waals surface area contributed by atoms with E-state index in [4.69, 9.17) is 16.3 Å². The Morgan fingerprint density at radius 1 is 1.50 bits per heavy atom. The number of carbonyl (C=O) groups excluding carboxylic acids is 1. The van der Waals surface area contributed by atoms with Gasteiger partial charge in [0.1, 0.15) is 16.6 Å². The molecule has 1 saturated heterocycles. The number of hydrogen-bond donors (Lipinski definition) is 1. The lowest BCUT2D eigenvalue weighted by Gasteiger charge is -2.40. The van der Waals surface area contributed by atoms with Crippen LogP contribution in [0.3, 0.4) is 0 Å². The monoisotopic (exact) mass is 297 g/mol. The summed E-state index contributed by atoms with van der Waals surface area (Å²) in [6.07, 6.45) is -0.364. The first-order chi connectivity index (χ1) is 9.33. The van der Waals surface area contributed by atoms with Crippen molar-refractivity contribution >= 4 is 23.5 Å². The van der Waals surface area contributed by atoms with Gasteiger partial charge in [-0.05, 0) is 32.9 Å². The molecule has 1 aromatic rings. The van der Waals surface area contributed by atoms with Crippen molar-refractivity contribution in [1.82, 2.24) is 10.3 Å². The van der Waals surface area contributed by atoms with Crippen molar-refractivity contribution in [2.24, 2.45) is 5.92 Å². The molecule has 0 radical (unpaired) electrons. The standard InChI is InChI=1S/C14H20ClN3O2/c1-14(2,3)20-13(19)16-7-10-8-18(9-10)12-6-4-5-11(15)17-12/h4-6,10H,7-9H2,1-3H3,(H,16,19). The van der Waals surface area contributed by atoms with Gasteiger partial charge in [-0.3, -0.25) is 0 Å². The van der Waals surface area contributed by atoms with Crippen LogP contribution in [0.25, 0.3) is 0 Å². The number of nitrogens with one attached hydrogen (secondary N) is 1. The average molecular weight is 298 g/mol. The van der Waals surface area contributed by atoms with Gasteiger partial charge in [-0.2, -0.15) is 0 Å². The van der Waals surface area contributed by atoms with E-state index in [1.165, 1.54) is 0 Å². The van der Waals surface area contributed by atoms with Gasteiger partial charge in [0.2, 0.25) is 0 Å². The van der Waals surface area contributed by atoms with E-state index in [0.717, 1.165) is 18.9 Å². The van der Waals surface area contributed by atoms with Gasteiger partial charge < -0.3 is 15.0 Å². The largest absolute Gasteiger partial charge is 0.444 e. The third kappa shape index (κ3) is 4.27. The molecule has 6 heteroatoms. The summed E-state index contributed by atoms with van der Waals surface area (Å²) in [5, 5.41) is 3.29. The Bertz CT molecular complexity index is 482. The van der Waals surface area contributed by atoms with E-state index in [2.05, 4.69) is 15.2 Å². The molecule has 5 nitrogen and oxygen atoms in total. The smallest absolute Gasteiger partial charge is 0.407 e. The number of aromatic nitrogens is 1. The van der Waals surface area contributed by atoms with Crippen LogP contribution in [0.4, 0.5) is 10.6 Å². The van der Waals surface area contributed by atoms with Crippen LogP contribution in [0.2, 0.25) is 5.15 Å². The van der Waals surface area contributed by atoms with E-state index in [0.29, 0.717) is 17.6 Å². The highest BCUT2D eigenvalue weighted by atomic mass is 35.5. The summed E-state index contributed by atoms with van der Waals surface area (Å²) in [6, 6.07) is 5.58. The van der Waals surface area contributed by atoms with Crippen molar-refractivity contribution in [3.8, 4) is 0 Å². The molecule has 0 unspecified atom stereocenters. The van der Waals surface area contributed by atoms with E-state index in [9.17, 15) is 4.79 Å². The number of carbonyl (C=O) groups is 1. The molecule has 0 atom stereocenters. The van der Waals surface area contributed by atoms with Crippen molar-refractivity contribution < 1.29 is 9.53 Å². The van der Waals surface area contributed by atoms with Gasteiger partial charge in [-0.1, -0.05) is 17.7 Å². The van der Waals surface area contributed by atoms with Crippen molar-refractivity contribution in [3.05, 3.63) is 23.4 Å².